The molecule has 0 atom stereocenters. The van der Waals surface area contributed by atoms with Gasteiger partial charge in [-0.1, -0.05) is 77.3 Å². The highest BCUT2D eigenvalue weighted by atomic mass is 35.5. The molecule has 0 aromatic heterocycles. The smallest absolute Gasteiger partial charge is 0.163 e. The lowest BCUT2D eigenvalue weighted by molar-refractivity contribution is -0.682. The third kappa shape index (κ3) is 4.40. The van der Waals surface area contributed by atoms with E-state index in [1.54, 1.807) is 24.3 Å². The molecule has 0 radical (unpaired) electrons. The van der Waals surface area contributed by atoms with Gasteiger partial charge >= 0.3 is 0 Å². The van der Waals surface area contributed by atoms with E-state index in [-0.39, 0.29) is 0 Å². The first-order valence-electron chi connectivity index (χ1n) is 8.28. The van der Waals surface area contributed by atoms with Gasteiger partial charge in [0.2, 0.25) is 0 Å². The molecule has 0 saturated carbocycles. The Kier molecular flexibility index (Phi) is 6.23. The van der Waals surface area contributed by atoms with E-state index in [9.17, 15) is 5.11 Å². The Labute approximate surface area is 168 Å². The number of halogens is 3. The van der Waals surface area contributed by atoms with Gasteiger partial charge in [-0.05, 0) is 41.5 Å². The van der Waals surface area contributed by atoms with E-state index in [0.29, 0.717) is 23.1 Å². The molecule has 0 aliphatic rings. The molecular weight excluding hydrogens is 389 g/mol. The summed E-state index contributed by atoms with van der Waals surface area (Å²) in [5.74, 6) is 0. The van der Waals surface area contributed by atoms with E-state index in [0.717, 1.165) is 21.7 Å². The maximum Gasteiger partial charge on any atom is 0.163 e. The van der Waals surface area contributed by atoms with Crippen molar-refractivity contribution in [1.82, 2.24) is 0 Å². The molecule has 3 rings (SSSR count). The molecule has 3 aromatic rings. The predicted molar refractivity (Wildman–Crippen MR) is 108 cm³/mol. The van der Waals surface area contributed by atoms with Crippen LogP contribution in [-0.2, 0) is 12.1 Å². The van der Waals surface area contributed by atoms with E-state index in [1.807, 2.05) is 53.8 Å². The quantitative estimate of drug-likeness (QED) is 0.613. The van der Waals surface area contributed by atoms with E-state index in [4.69, 9.17) is 34.8 Å². The first kappa shape index (κ1) is 19.2. The third-order valence-corrected chi connectivity index (χ3v) is 5.28. The van der Waals surface area contributed by atoms with Gasteiger partial charge in [-0.2, -0.15) is 0 Å². The highest BCUT2D eigenvalue weighted by molar-refractivity contribution is 6.31. The molecule has 2 nitrogen and oxygen atoms in total. The maximum absolute atomic E-state index is 11.5. The lowest BCUT2D eigenvalue weighted by Gasteiger charge is -2.28. The van der Waals surface area contributed by atoms with Crippen molar-refractivity contribution in [1.29, 1.82) is 0 Å². The number of quaternary nitrogens is 1. The summed E-state index contributed by atoms with van der Waals surface area (Å²) in [7, 11) is 0. The second kappa shape index (κ2) is 8.43. The lowest BCUT2D eigenvalue weighted by Crippen LogP contribution is -2.86. The van der Waals surface area contributed by atoms with Crippen molar-refractivity contribution in [2.24, 2.45) is 0 Å². The van der Waals surface area contributed by atoms with Crippen LogP contribution in [0, 0.1) is 0 Å². The van der Waals surface area contributed by atoms with Crippen LogP contribution in [0.4, 0.5) is 0 Å². The zero-order valence-electron chi connectivity index (χ0n) is 14.0. The maximum atomic E-state index is 11.5. The van der Waals surface area contributed by atoms with Gasteiger partial charge in [-0.25, -0.2) is 0 Å². The molecule has 0 aliphatic carbocycles. The Morgan fingerprint density at radius 1 is 0.731 bits per heavy atom. The van der Waals surface area contributed by atoms with Crippen LogP contribution in [0.25, 0.3) is 0 Å². The van der Waals surface area contributed by atoms with E-state index < -0.39 is 5.60 Å². The minimum atomic E-state index is -1.17. The van der Waals surface area contributed by atoms with Crippen LogP contribution in [0.3, 0.4) is 0 Å². The van der Waals surface area contributed by atoms with Crippen molar-refractivity contribution >= 4 is 34.8 Å². The molecule has 0 spiro atoms. The van der Waals surface area contributed by atoms with Crippen molar-refractivity contribution in [2.75, 3.05) is 6.54 Å². The summed E-state index contributed by atoms with van der Waals surface area (Å²) in [4.78, 5) is 0. The Morgan fingerprint density at radius 3 is 1.73 bits per heavy atom. The molecule has 0 amide bonds. The fourth-order valence-corrected chi connectivity index (χ4v) is 3.42. The Morgan fingerprint density at radius 2 is 1.23 bits per heavy atom. The summed E-state index contributed by atoms with van der Waals surface area (Å²) in [5.41, 5.74) is 1.42. The van der Waals surface area contributed by atoms with Gasteiger partial charge in [-0.15, -0.1) is 0 Å². The normalized spacial score (nSPS) is 11.5. The standard InChI is InChI=1S/C21H18Cl3NO/c22-18-9-5-16(6-10-18)21(26,17-7-11-19(23)12-8-17)14-25-13-15-3-1-2-4-20(15)24/h1-12,25-26H,13-14H2/p+1. The SMILES string of the molecule is OC(C[NH2+]Cc1ccccc1Cl)(c1ccc(Cl)cc1)c1ccc(Cl)cc1. The van der Waals surface area contributed by atoms with Crippen LogP contribution in [0.5, 0.6) is 0 Å². The summed E-state index contributed by atoms with van der Waals surface area (Å²) in [6, 6.07) is 22.2. The van der Waals surface area contributed by atoms with Crippen LogP contribution in [0.15, 0.2) is 72.8 Å². The zero-order chi connectivity index (χ0) is 18.6. The molecule has 134 valence electrons. The Bertz CT molecular complexity index is 818. The predicted octanol–water partition coefficient (Wildman–Crippen LogP) is 4.65. The minimum Gasteiger partial charge on any atom is -0.375 e. The van der Waals surface area contributed by atoms with Crippen LogP contribution in [0.1, 0.15) is 16.7 Å². The van der Waals surface area contributed by atoms with Crippen molar-refractivity contribution in [2.45, 2.75) is 12.1 Å². The van der Waals surface area contributed by atoms with Crippen molar-refractivity contribution < 1.29 is 10.4 Å². The molecule has 0 unspecified atom stereocenters. The second-order valence-electron chi connectivity index (χ2n) is 6.16. The topological polar surface area (TPSA) is 36.8 Å². The first-order chi connectivity index (χ1) is 12.5. The van der Waals surface area contributed by atoms with Gasteiger partial charge in [0.15, 0.2) is 5.60 Å². The van der Waals surface area contributed by atoms with Gasteiger partial charge in [0.25, 0.3) is 0 Å². The molecule has 0 fully saturated rings. The molecular formula is C21H19Cl3NO+. The average molecular weight is 408 g/mol. The summed E-state index contributed by atoms with van der Waals surface area (Å²) >= 11 is 18.2. The first-order valence-corrected chi connectivity index (χ1v) is 9.42. The fraction of sp³-hybridized carbons (Fsp3) is 0.143. The number of aliphatic hydroxyl groups is 1. The van der Waals surface area contributed by atoms with Crippen LogP contribution < -0.4 is 5.32 Å². The summed E-state index contributed by atoms with van der Waals surface area (Å²) < 4.78 is 0. The third-order valence-electron chi connectivity index (χ3n) is 4.41. The minimum absolute atomic E-state index is 0.432. The highest BCUT2D eigenvalue weighted by Gasteiger charge is 2.33. The molecule has 26 heavy (non-hydrogen) atoms. The van der Waals surface area contributed by atoms with Crippen LogP contribution in [0.2, 0.25) is 15.1 Å². The largest absolute Gasteiger partial charge is 0.375 e. The van der Waals surface area contributed by atoms with Gasteiger partial charge in [-0.3, -0.25) is 0 Å². The number of benzene rings is 3. The number of hydrogen-bond donors (Lipinski definition) is 2. The van der Waals surface area contributed by atoms with Crippen molar-refractivity contribution in [3.8, 4) is 0 Å². The van der Waals surface area contributed by atoms with E-state index in [1.165, 1.54) is 0 Å². The monoisotopic (exact) mass is 406 g/mol. The molecule has 0 heterocycles. The molecule has 0 saturated heterocycles. The molecule has 0 aliphatic heterocycles. The average Bonchev–Trinajstić information content (AvgIpc) is 2.64. The van der Waals surface area contributed by atoms with E-state index >= 15 is 0 Å². The van der Waals surface area contributed by atoms with E-state index in [2.05, 4.69) is 0 Å². The summed E-state index contributed by atoms with van der Waals surface area (Å²) in [6.45, 7) is 1.10. The molecule has 3 N–H and O–H groups in total. The number of hydrogen-bond acceptors (Lipinski definition) is 1. The number of nitrogens with two attached hydrogens (primary N) is 1. The fourth-order valence-electron chi connectivity index (χ4n) is 2.95. The van der Waals surface area contributed by atoms with Gasteiger partial charge in [0.1, 0.15) is 13.1 Å². The summed E-state index contributed by atoms with van der Waals surface area (Å²) in [6.07, 6.45) is 0. The van der Waals surface area contributed by atoms with Crippen molar-refractivity contribution in [3.63, 3.8) is 0 Å². The highest BCUT2D eigenvalue weighted by Crippen LogP contribution is 2.30. The molecule has 0 bridgehead atoms. The molecule has 5 heteroatoms. The van der Waals surface area contributed by atoms with Crippen LogP contribution in [-0.4, -0.2) is 11.7 Å². The van der Waals surface area contributed by atoms with Gasteiger partial charge < -0.3 is 10.4 Å². The Balaban J connectivity index is 1.86. The molecule has 3 aromatic carbocycles. The number of rotatable bonds is 6. The van der Waals surface area contributed by atoms with Crippen LogP contribution >= 0.6 is 34.8 Å². The Hall–Kier alpha value is -1.55. The van der Waals surface area contributed by atoms with Crippen molar-refractivity contribution in [3.05, 3.63) is 105 Å². The van der Waals surface area contributed by atoms with Gasteiger partial charge in [0, 0.05) is 20.6 Å². The summed E-state index contributed by atoms with van der Waals surface area (Å²) in [5, 5.41) is 15.6. The zero-order valence-corrected chi connectivity index (χ0v) is 16.3. The lowest BCUT2D eigenvalue weighted by atomic mass is 9.86. The van der Waals surface area contributed by atoms with Gasteiger partial charge in [0.05, 0.1) is 0 Å². The second-order valence-corrected chi connectivity index (χ2v) is 7.44.